The third-order valence-electron chi connectivity index (χ3n) is 6.83. The first-order valence-electron chi connectivity index (χ1n) is 11.8. The zero-order valence-electron chi connectivity index (χ0n) is 19.0. The molecule has 0 aliphatic carbocycles. The molecule has 0 unspecified atom stereocenters. The number of likely N-dealkylation sites (tertiary alicyclic amines) is 1. The van der Waals surface area contributed by atoms with Gasteiger partial charge in [-0.25, -0.2) is 0 Å². The van der Waals surface area contributed by atoms with E-state index >= 15 is 0 Å². The molecule has 172 valence electrons. The predicted molar refractivity (Wildman–Crippen MR) is 122 cm³/mol. The van der Waals surface area contributed by atoms with Crippen LogP contribution in [0, 0.1) is 12.3 Å². The largest absolute Gasteiger partial charge is 0.491 e. The maximum Gasteiger partial charge on any atom is 0.244 e. The van der Waals surface area contributed by atoms with Crippen LogP contribution < -0.4 is 10.1 Å². The summed E-state index contributed by atoms with van der Waals surface area (Å²) in [5, 5.41) is 7.34. The highest BCUT2D eigenvalue weighted by atomic mass is 16.5. The number of aryl methyl sites for hydroxylation is 2. The molecule has 32 heavy (non-hydrogen) atoms. The number of fused-ring (bicyclic) bond motifs is 1. The Morgan fingerprint density at radius 1 is 1.16 bits per heavy atom. The normalized spacial score (nSPS) is 19.7. The summed E-state index contributed by atoms with van der Waals surface area (Å²) in [4.78, 5) is 27.8. The van der Waals surface area contributed by atoms with Gasteiger partial charge in [0, 0.05) is 19.3 Å². The molecule has 2 aliphatic heterocycles. The lowest BCUT2D eigenvalue weighted by Crippen LogP contribution is -2.51. The zero-order valence-corrected chi connectivity index (χ0v) is 19.0. The van der Waals surface area contributed by atoms with Crippen LogP contribution in [0.4, 0.5) is 0 Å². The first kappa shape index (κ1) is 22.4. The fraction of sp³-hybridized carbons (Fsp3) is 0.560. The second kappa shape index (κ2) is 10.2. The molecule has 0 bridgehead atoms. The molecule has 2 aromatic rings. The molecule has 4 rings (SSSR count). The lowest BCUT2D eigenvalue weighted by Gasteiger charge is -2.41. The number of amides is 2. The van der Waals surface area contributed by atoms with E-state index in [1.165, 1.54) is 5.56 Å². The maximum atomic E-state index is 13.2. The van der Waals surface area contributed by atoms with Gasteiger partial charge in [0.05, 0.1) is 18.2 Å². The Morgan fingerprint density at radius 3 is 2.75 bits per heavy atom. The van der Waals surface area contributed by atoms with Gasteiger partial charge in [0.2, 0.25) is 11.8 Å². The number of ether oxygens (including phenoxy) is 1. The van der Waals surface area contributed by atoms with Crippen molar-refractivity contribution in [3.63, 3.8) is 0 Å². The highest BCUT2D eigenvalue weighted by molar-refractivity contribution is 5.83. The first-order valence-corrected chi connectivity index (χ1v) is 11.8. The monoisotopic (exact) mass is 438 g/mol. The Balaban J connectivity index is 1.36. The number of nitrogens with zero attached hydrogens (tertiary/aromatic N) is 3. The van der Waals surface area contributed by atoms with Crippen LogP contribution in [0.15, 0.2) is 36.7 Å². The van der Waals surface area contributed by atoms with Gasteiger partial charge in [-0.05, 0) is 56.2 Å². The second-order valence-electron chi connectivity index (χ2n) is 9.15. The SMILES string of the molecule is Cc1cnn(CC(=O)N2CCC3(CCCCCc4ccccc4OCCNC3=O)CC2)c1. The molecule has 1 N–H and O–H groups in total. The van der Waals surface area contributed by atoms with Crippen molar-refractivity contribution >= 4 is 11.8 Å². The maximum absolute atomic E-state index is 13.2. The van der Waals surface area contributed by atoms with Crippen LogP contribution in [-0.4, -0.2) is 52.7 Å². The van der Waals surface area contributed by atoms with E-state index in [9.17, 15) is 9.59 Å². The van der Waals surface area contributed by atoms with Gasteiger partial charge in [-0.1, -0.05) is 31.0 Å². The van der Waals surface area contributed by atoms with Crippen LogP contribution in [0.1, 0.15) is 49.7 Å². The van der Waals surface area contributed by atoms with E-state index in [1.54, 1.807) is 10.9 Å². The number of hydrogen-bond acceptors (Lipinski definition) is 4. The topological polar surface area (TPSA) is 76.5 Å². The van der Waals surface area contributed by atoms with Crippen LogP contribution >= 0.6 is 0 Å². The number of piperidine rings is 1. The van der Waals surface area contributed by atoms with E-state index < -0.39 is 0 Å². The average molecular weight is 439 g/mol. The summed E-state index contributed by atoms with van der Waals surface area (Å²) in [5.74, 6) is 1.11. The van der Waals surface area contributed by atoms with Gasteiger partial charge in [0.1, 0.15) is 18.9 Å². The minimum absolute atomic E-state index is 0.0687. The number of rotatable bonds is 2. The lowest BCUT2D eigenvalue weighted by atomic mass is 9.73. The Kier molecular flexibility index (Phi) is 7.12. The highest BCUT2D eigenvalue weighted by Gasteiger charge is 2.41. The highest BCUT2D eigenvalue weighted by Crippen LogP contribution is 2.37. The molecule has 2 amide bonds. The minimum atomic E-state index is -0.389. The van der Waals surface area contributed by atoms with Crippen molar-refractivity contribution in [3.05, 3.63) is 47.8 Å². The number of nitrogens with one attached hydrogen (secondary N) is 1. The second-order valence-corrected chi connectivity index (χ2v) is 9.15. The van der Waals surface area contributed by atoms with Gasteiger partial charge < -0.3 is 15.0 Å². The van der Waals surface area contributed by atoms with Crippen molar-refractivity contribution in [2.24, 2.45) is 5.41 Å². The Morgan fingerprint density at radius 2 is 1.97 bits per heavy atom. The summed E-state index contributed by atoms with van der Waals surface area (Å²) in [6.07, 6.45) is 10.1. The van der Waals surface area contributed by atoms with Crippen molar-refractivity contribution in [2.75, 3.05) is 26.2 Å². The molecule has 7 nitrogen and oxygen atoms in total. The van der Waals surface area contributed by atoms with Gasteiger partial charge in [0.25, 0.3) is 0 Å². The third kappa shape index (κ3) is 5.31. The van der Waals surface area contributed by atoms with Crippen molar-refractivity contribution in [1.29, 1.82) is 0 Å². The summed E-state index contributed by atoms with van der Waals surface area (Å²) in [6, 6.07) is 8.19. The van der Waals surface area contributed by atoms with E-state index in [4.69, 9.17) is 4.74 Å². The molecular weight excluding hydrogens is 404 g/mol. The van der Waals surface area contributed by atoms with Crippen molar-refractivity contribution in [3.8, 4) is 5.75 Å². The molecule has 0 radical (unpaired) electrons. The van der Waals surface area contributed by atoms with Crippen LogP contribution in [0.25, 0.3) is 0 Å². The molecule has 3 heterocycles. The van der Waals surface area contributed by atoms with Crippen molar-refractivity contribution in [2.45, 2.75) is 58.4 Å². The van der Waals surface area contributed by atoms with Gasteiger partial charge in [0.15, 0.2) is 0 Å². The molecule has 1 saturated heterocycles. The molecular formula is C25H34N4O3. The summed E-state index contributed by atoms with van der Waals surface area (Å²) in [6.45, 7) is 4.42. The number of aromatic nitrogens is 2. The molecule has 1 aromatic heterocycles. The molecule has 0 saturated carbocycles. The van der Waals surface area contributed by atoms with E-state index in [0.29, 0.717) is 39.1 Å². The molecule has 2 aliphatic rings. The minimum Gasteiger partial charge on any atom is -0.491 e. The van der Waals surface area contributed by atoms with Crippen LogP contribution in [0.3, 0.4) is 0 Å². The number of carbonyl (C=O) groups is 2. The zero-order chi connectivity index (χ0) is 22.4. The fourth-order valence-corrected chi connectivity index (χ4v) is 4.89. The summed E-state index contributed by atoms with van der Waals surface area (Å²) in [5.41, 5.74) is 1.90. The summed E-state index contributed by atoms with van der Waals surface area (Å²) in [7, 11) is 0. The Hall–Kier alpha value is -2.83. The Bertz CT molecular complexity index is 931. The number of carbonyl (C=O) groups excluding carboxylic acids is 2. The molecule has 0 atom stereocenters. The quantitative estimate of drug-likeness (QED) is 0.782. The van der Waals surface area contributed by atoms with Crippen molar-refractivity contribution in [1.82, 2.24) is 20.0 Å². The van der Waals surface area contributed by atoms with E-state index in [2.05, 4.69) is 22.5 Å². The van der Waals surface area contributed by atoms with Crippen LogP contribution in [0.2, 0.25) is 0 Å². The summed E-state index contributed by atoms with van der Waals surface area (Å²) >= 11 is 0. The Labute approximate surface area is 190 Å². The van der Waals surface area contributed by atoms with Gasteiger partial charge in [-0.2, -0.15) is 5.10 Å². The number of hydrogen-bond donors (Lipinski definition) is 1. The molecule has 1 fully saturated rings. The fourth-order valence-electron chi connectivity index (χ4n) is 4.89. The predicted octanol–water partition coefficient (Wildman–Crippen LogP) is 3.11. The molecule has 7 heteroatoms. The standard InChI is InChI=1S/C25H34N4O3/c1-20-17-27-29(18-20)19-23(30)28-14-11-25(12-15-28)10-6-2-3-7-21-8-4-5-9-22(21)32-16-13-26-24(25)31/h4-5,8-9,17-18H,2-3,6-7,10-16,19H2,1H3,(H,26,31). The van der Waals surface area contributed by atoms with Crippen LogP contribution in [0.5, 0.6) is 5.75 Å². The van der Waals surface area contributed by atoms with E-state index in [1.807, 2.05) is 30.2 Å². The van der Waals surface area contributed by atoms with Gasteiger partial charge >= 0.3 is 0 Å². The molecule has 1 spiro atoms. The van der Waals surface area contributed by atoms with Crippen molar-refractivity contribution < 1.29 is 14.3 Å². The number of para-hydroxylation sites is 1. The summed E-state index contributed by atoms with van der Waals surface area (Å²) < 4.78 is 7.64. The van der Waals surface area contributed by atoms with Gasteiger partial charge in [-0.3, -0.25) is 14.3 Å². The first-order chi connectivity index (χ1) is 15.6. The molecule has 1 aromatic carbocycles. The smallest absolute Gasteiger partial charge is 0.244 e. The average Bonchev–Trinajstić information content (AvgIpc) is 3.21. The van der Waals surface area contributed by atoms with Gasteiger partial charge in [-0.15, -0.1) is 0 Å². The number of benzene rings is 1. The van der Waals surface area contributed by atoms with Crippen LogP contribution in [-0.2, 0) is 22.6 Å². The lowest BCUT2D eigenvalue weighted by molar-refractivity contribution is -0.141. The van der Waals surface area contributed by atoms with E-state index in [-0.39, 0.29) is 23.8 Å². The van der Waals surface area contributed by atoms with E-state index in [0.717, 1.165) is 43.4 Å². The third-order valence-corrected chi connectivity index (χ3v) is 6.83.